The largest absolute Gasteiger partial charge is 0.342 e. The Kier molecular flexibility index (Phi) is 15.4. The molecule has 0 aliphatic carbocycles. The van der Waals surface area contributed by atoms with Crippen molar-refractivity contribution >= 4 is 11.8 Å². The lowest BCUT2D eigenvalue weighted by atomic mass is 9.92. The third-order valence-corrected chi connectivity index (χ3v) is 9.42. The Morgan fingerprint density at radius 1 is 0.690 bits per heavy atom. The average molecular weight is 583 g/mol. The predicted molar refractivity (Wildman–Crippen MR) is 175 cm³/mol. The van der Waals surface area contributed by atoms with Crippen LogP contribution in [-0.2, 0) is 9.59 Å². The van der Waals surface area contributed by atoms with E-state index in [9.17, 15) is 9.59 Å². The predicted octanol–water partition coefficient (Wildman–Crippen LogP) is 7.28. The first kappa shape index (κ1) is 34.6. The molecule has 1 aromatic rings. The number of hydrogen-bond acceptors (Lipinski definition) is 4. The van der Waals surface area contributed by atoms with Crippen LogP contribution in [-0.4, -0.2) is 83.8 Å². The van der Waals surface area contributed by atoms with Gasteiger partial charge in [-0.05, 0) is 63.9 Å². The quantitative estimate of drug-likeness (QED) is 0.194. The van der Waals surface area contributed by atoms with Gasteiger partial charge >= 0.3 is 0 Å². The molecule has 6 heteroatoms. The molecule has 1 aromatic carbocycles. The molecule has 2 aliphatic heterocycles. The smallest absolute Gasteiger partial charge is 0.226 e. The molecule has 0 N–H and O–H groups in total. The maximum Gasteiger partial charge on any atom is 0.226 e. The van der Waals surface area contributed by atoms with Crippen LogP contribution in [0, 0.1) is 18.8 Å². The summed E-state index contributed by atoms with van der Waals surface area (Å²) in [5.74, 6) is 0.833. The van der Waals surface area contributed by atoms with E-state index in [0.717, 1.165) is 129 Å². The normalized spacial score (nSPS) is 20.8. The highest BCUT2D eigenvalue weighted by molar-refractivity contribution is 5.79. The molecule has 0 aromatic heterocycles. The first-order valence-electron chi connectivity index (χ1n) is 17.6. The van der Waals surface area contributed by atoms with Crippen LogP contribution in [0.1, 0.15) is 122 Å². The molecule has 2 atom stereocenters. The Balaban J connectivity index is 1.81. The van der Waals surface area contributed by atoms with E-state index in [1.54, 1.807) is 0 Å². The van der Waals surface area contributed by atoms with Crippen molar-refractivity contribution in [1.29, 1.82) is 0 Å². The number of carbonyl (C=O) groups excluding carboxylic acids is 2. The van der Waals surface area contributed by atoms with Crippen LogP contribution in [0.4, 0.5) is 0 Å². The van der Waals surface area contributed by atoms with Gasteiger partial charge in [-0.1, -0.05) is 83.2 Å². The first-order valence-corrected chi connectivity index (χ1v) is 17.6. The van der Waals surface area contributed by atoms with E-state index < -0.39 is 0 Å². The first-order chi connectivity index (χ1) is 20.4. The summed E-state index contributed by atoms with van der Waals surface area (Å²) in [4.78, 5) is 37.2. The average Bonchev–Trinajstić information content (AvgIpc) is 3.02. The van der Waals surface area contributed by atoms with Crippen molar-refractivity contribution in [3.63, 3.8) is 0 Å². The molecule has 238 valence electrons. The van der Waals surface area contributed by atoms with Gasteiger partial charge in [0, 0.05) is 52.4 Å². The zero-order chi connectivity index (χ0) is 30.3. The van der Waals surface area contributed by atoms with Crippen LogP contribution in [0.3, 0.4) is 0 Å². The Labute approximate surface area is 258 Å². The number of piperidine rings is 2. The zero-order valence-corrected chi connectivity index (χ0v) is 27.8. The number of aryl methyl sites for hydroxylation is 1. The maximum absolute atomic E-state index is 13.9. The molecular formula is C36H62N4O2. The summed E-state index contributed by atoms with van der Waals surface area (Å²) < 4.78 is 0. The van der Waals surface area contributed by atoms with Gasteiger partial charge in [0.05, 0.1) is 18.0 Å². The fourth-order valence-electron chi connectivity index (χ4n) is 6.83. The van der Waals surface area contributed by atoms with Crippen molar-refractivity contribution in [2.75, 3.05) is 52.4 Å². The summed E-state index contributed by atoms with van der Waals surface area (Å²) in [5.41, 5.74) is 2.56. The van der Waals surface area contributed by atoms with E-state index in [1.165, 1.54) is 11.1 Å². The van der Waals surface area contributed by atoms with Gasteiger partial charge in [-0.3, -0.25) is 19.4 Å². The second-order valence-electron chi connectivity index (χ2n) is 13.0. The summed E-state index contributed by atoms with van der Waals surface area (Å²) in [7, 11) is 0. The van der Waals surface area contributed by atoms with Gasteiger partial charge in [0.15, 0.2) is 0 Å². The van der Waals surface area contributed by atoms with Crippen molar-refractivity contribution < 1.29 is 9.59 Å². The monoisotopic (exact) mass is 582 g/mol. The summed E-state index contributed by atoms with van der Waals surface area (Å²) in [6.45, 7) is 18.1. The summed E-state index contributed by atoms with van der Waals surface area (Å²) >= 11 is 0. The number of unbranched alkanes of at least 4 members (excludes halogenated alkanes) is 4. The molecular weight excluding hydrogens is 520 g/mol. The Morgan fingerprint density at radius 3 is 1.43 bits per heavy atom. The molecule has 2 saturated heterocycles. The van der Waals surface area contributed by atoms with Gasteiger partial charge in [-0.25, -0.2) is 0 Å². The van der Waals surface area contributed by atoms with Crippen LogP contribution in [0.25, 0.3) is 0 Å². The van der Waals surface area contributed by atoms with Crippen molar-refractivity contribution in [3.8, 4) is 0 Å². The number of amides is 2. The minimum atomic E-state index is 0.0567. The van der Waals surface area contributed by atoms with E-state index >= 15 is 0 Å². The van der Waals surface area contributed by atoms with Crippen LogP contribution in [0.15, 0.2) is 24.3 Å². The number of likely N-dealkylation sites (tertiary alicyclic amines) is 2. The summed E-state index contributed by atoms with van der Waals surface area (Å²) in [5, 5.41) is 0. The lowest BCUT2D eigenvalue weighted by Gasteiger charge is -2.46. The Hall–Kier alpha value is -1.92. The molecule has 0 spiro atoms. The maximum atomic E-state index is 13.9. The van der Waals surface area contributed by atoms with E-state index in [2.05, 4.69) is 78.5 Å². The van der Waals surface area contributed by atoms with Crippen LogP contribution < -0.4 is 0 Å². The van der Waals surface area contributed by atoms with Crippen molar-refractivity contribution in [2.45, 2.75) is 118 Å². The van der Waals surface area contributed by atoms with E-state index in [1.807, 2.05) is 0 Å². The molecule has 2 fully saturated rings. The minimum absolute atomic E-state index is 0.0567. The number of hydrogen-bond donors (Lipinski definition) is 0. The summed E-state index contributed by atoms with van der Waals surface area (Å²) in [6.07, 6.45) is 12.9. The molecule has 2 unspecified atom stereocenters. The van der Waals surface area contributed by atoms with Crippen molar-refractivity contribution in [3.05, 3.63) is 35.4 Å². The van der Waals surface area contributed by atoms with Gasteiger partial charge in [-0.2, -0.15) is 0 Å². The molecule has 42 heavy (non-hydrogen) atoms. The third kappa shape index (κ3) is 10.1. The van der Waals surface area contributed by atoms with Crippen LogP contribution in [0.2, 0.25) is 0 Å². The molecule has 3 rings (SSSR count). The topological polar surface area (TPSA) is 47.1 Å². The highest BCUT2D eigenvalue weighted by Gasteiger charge is 2.38. The molecule has 0 radical (unpaired) electrons. The van der Waals surface area contributed by atoms with E-state index in [4.69, 9.17) is 0 Å². The van der Waals surface area contributed by atoms with Crippen LogP contribution >= 0.6 is 0 Å². The fraction of sp³-hybridized carbons (Fsp3) is 0.778. The number of nitrogens with zero attached hydrogens (tertiary/aromatic N) is 4. The minimum Gasteiger partial charge on any atom is -0.342 e. The Bertz CT molecular complexity index is 851. The van der Waals surface area contributed by atoms with E-state index in [-0.39, 0.29) is 18.0 Å². The van der Waals surface area contributed by atoms with Gasteiger partial charge in [-0.15, -0.1) is 0 Å². The number of rotatable bonds is 17. The number of carbonyl (C=O) groups is 2. The molecule has 6 nitrogen and oxygen atoms in total. The van der Waals surface area contributed by atoms with Crippen molar-refractivity contribution in [2.24, 2.45) is 11.8 Å². The lowest BCUT2D eigenvalue weighted by molar-refractivity contribution is -0.140. The molecule has 2 heterocycles. The lowest BCUT2D eigenvalue weighted by Crippen LogP contribution is -2.53. The van der Waals surface area contributed by atoms with Crippen molar-refractivity contribution in [1.82, 2.24) is 19.6 Å². The fourth-order valence-corrected chi connectivity index (χ4v) is 6.83. The third-order valence-electron chi connectivity index (χ3n) is 9.42. The number of benzene rings is 1. The zero-order valence-electron chi connectivity index (χ0n) is 27.8. The molecule has 0 bridgehead atoms. The highest BCUT2D eigenvalue weighted by atomic mass is 16.2. The SMILES string of the molecule is CCCCN(CCCC)C(=O)C1CCCN(C(c2ccc(C)cc2)N2CCCC(C(=O)N(CCCC)CCCC)C2)C1. The van der Waals surface area contributed by atoms with E-state index in [0.29, 0.717) is 11.8 Å². The molecule has 2 aliphatic rings. The second kappa shape index (κ2) is 18.7. The van der Waals surface area contributed by atoms with Gasteiger partial charge < -0.3 is 9.80 Å². The molecule has 2 amide bonds. The Morgan fingerprint density at radius 2 is 1.07 bits per heavy atom. The summed E-state index contributed by atoms with van der Waals surface area (Å²) in [6, 6.07) is 8.99. The van der Waals surface area contributed by atoms with Gasteiger partial charge in [0.1, 0.15) is 0 Å². The highest BCUT2D eigenvalue weighted by Crippen LogP contribution is 2.34. The van der Waals surface area contributed by atoms with Gasteiger partial charge in [0.2, 0.25) is 11.8 Å². The van der Waals surface area contributed by atoms with Gasteiger partial charge in [0.25, 0.3) is 0 Å². The van der Waals surface area contributed by atoms with Crippen LogP contribution in [0.5, 0.6) is 0 Å². The molecule has 0 saturated carbocycles. The standard InChI is InChI=1S/C36H62N4O2/c1-6-10-22-37(23-11-7-2)35(41)32-16-14-26-39(28-32)34(31-20-18-30(5)19-21-31)40-27-15-17-33(29-40)36(42)38(24-12-8-3)25-13-9-4/h18-21,32-34H,6-17,22-29H2,1-5H3. The second-order valence-corrected chi connectivity index (χ2v) is 13.0.